The van der Waals surface area contributed by atoms with Crippen LogP contribution in [0.25, 0.3) is 0 Å². The van der Waals surface area contributed by atoms with Crippen molar-refractivity contribution in [3.63, 3.8) is 0 Å². The fourth-order valence-electron chi connectivity index (χ4n) is 1.18. The third kappa shape index (κ3) is 1.99. The van der Waals surface area contributed by atoms with E-state index in [1.807, 2.05) is 0 Å². The number of aliphatic hydroxyl groups is 1. The summed E-state index contributed by atoms with van der Waals surface area (Å²) in [5.41, 5.74) is 0.677. The number of aliphatic hydroxyl groups excluding tert-OH is 1. The van der Waals surface area contributed by atoms with Crippen molar-refractivity contribution >= 4 is 5.90 Å². The van der Waals surface area contributed by atoms with Crippen LogP contribution in [-0.4, -0.2) is 40.0 Å². The number of H-pyrrole nitrogens is 1. The summed E-state index contributed by atoms with van der Waals surface area (Å²) in [6, 6.07) is 0. The van der Waals surface area contributed by atoms with Gasteiger partial charge < -0.3 is 14.7 Å². The van der Waals surface area contributed by atoms with E-state index in [4.69, 9.17) is 9.57 Å². The van der Waals surface area contributed by atoms with Crippen molar-refractivity contribution in [2.75, 3.05) is 6.61 Å². The normalized spacial score (nSPS) is 22.2. The van der Waals surface area contributed by atoms with Crippen LogP contribution in [0.1, 0.15) is 5.56 Å². The second kappa shape index (κ2) is 4.14. The average molecular weight is 209 g/mol. The molecule has 0 radical (unpaired) electrons. The number of nitrogens with zero attached hydrogens (tertiary/aromatic N) is 2. The Morgan fingerprint density at radius 2 is 2.60 bits per heavy atom. The van der Waals surface area contributed by atoms with E-state index in [0.717, 1.165) is 0 Å². The zero-order valence-electron chi connectivity index (χ0n) is 7.96. The molecule has 6 nitrogen and oxygen atoms in total. The molecule has 0 bridgehead atoms. The summed E-state index contributed by atoms with van der Waals surface area (Å²) in [6.45, 7) is 3.68. The molecule has 1 aromatic rings. The largest absolute Gasteiger partial charge is 0.465 e. The first kappa shape index (κ1) is 9.72. The fraction of sp³-hybridized carbons (Fsp3) is 0.333. The van der Waals surface area contributed by atoms with Crippen LogP contribution in [0.3, 0.4) is 0 Å². The van der Waals surface area contributed by atoms with Gasteiger partial charge in [-0.15, -0.1) is 6.58 Å². The highest BCUT2D eigenvalue weighted by molar-refractivity contribution is 5.93. The van der Waals surface area contributed by atoms with E-state index in [1.54, 1.807) is 12.4 Å². The number of hydrogen-bond donors (Lipinski definition) is 2. The van der Waals surface area contributed by atoms with Crippen molar-refractivity contribution < 1.29 is 14.7 Å². The molecule has 1 aliphatic heterocycles. The molecule has 0 saturated heterocycles. The molecule has 1 aliphatic rings. The fourth-order valence-corrected chi connectivity index (χ4v) is 1.18. The summed E-state index contributed by atoms with van der Waals surface area (Å²) in [6.07, 6.45) is 3.33. The van der Waals surface area contributed by atoms with Crippen LogP contribution in [-0.2, 0) is 9.57 Å². The van der Waals surface area contributed by atoms with Crippen molar-refractivity contribution in [3.05, 3.63) is 30.6 Å². The van der Waals surface area contributed by atoms with Gasteiger partial charge in [0.25, 0.3) is 5.90 Å². The Morgan fingerprint density at radius 3 is 3.27 bits per heavy atom. The third-order valence-electron chi connectivity index (χ3n) is 2.02. The summed E-state index contributed by atoms with van der Waals surface area (Å²) in [7, 11) is 0. The Hall–Kier alpha value is -1.82. The summed E-state index contributed by atoms with van der Waals surface area (Å²) in [4.78, 5) is 4.96. The molecule has 2 rings (SSSR count). The minimum absolute atomic E-state index is 0.203. The summed E-state index contributed by atoms with van der Waals surface area (Å²) >= 11 is 0. The molecule has 6 heteroatoms. The van der Waals surface area contributed by atoms with E-state index in [1.165, 1.54) is 6.08 Å². The maximum atomic E-state index is 9.50. The molecule has 2 atom stereocenters. The van der Waals surface area contributed by atoms with E-state index in [-0.39, 0.29) is 6.61 Å². The number of nitrogens with one attached hydrogen (secondary N) is 1. The Bertz CT molecular complexity index is 361. The van der Waals surface area contributed by atoms with E-state index in [0.29, 0.717) is 11.5 Å². The minimum Gasteiger partial charge on any atom is -0.465 e. The molecule has 80 valence electrons. The number of hydrogen-bond acceptors (Lipinski definition) is 5. The molecule has 1 aromatic heterocycles. The lowest BCUT2D eigenvalue weighted by molar-refractivity contribution is -0.0378. The molecule has 2 unspecified atom stereocenters. The smallest absolute Gasteiger partial charge is 0.261 e. The highest BCUT2D eigenvalue weighted by Gasteiger charge is 2.26. The lowest BCUT2D eigenvalue weighted by Gasteiger charge is -2.24. The summed E-state index contributed by atoms with van der Waals surface area (Å²) < 4.78 is 5.43. The van der Waals surface area contributed by atoms with Gasteiger partial charge in [0.1, 0.15) is 6.10 Å². The van der Waals surface area contributed by atoms with Crippen molar-refractivity contribution in [1.29, 1.82) is 0 Å². The summed E-state index contributed by atoms with van der Waals surface area (Å²) in [5, 5.41) is 19.6. The van der Waals surface area contributed by atoms with Gasteiger partial charge in [0, 0.05) is 6.20 Å². The second-order valence-electron chi connectivity index (χ2n) is 3.06. The van der Waals surface area contributed by atoms with E-state index < -0.39 is 12.2 Å². The van der Waals surface area contributed by atoms with Gasteiger partial charge in [-0.05, 0) is 5.16 Å². The molecular formula is C9H11N3O3. The molecule has 0 amide bonds. The van der Waals surface area contributed by atoms with Gasteiger partial charge >= 0.3 is 0 Å². The quantitative estimate of drug-likeness (QED) is 0.688. The minimum atomic E-state index is -0.776. The molecule has 0 spiro atoms. The third-order valence-corrected chi connectivity index (χ3v) is 2.02. The van der Waals surface area contributed by atoms with Crippen LogP contribution < -0.4 is 0 Å². The first-order valence-electron chi connectivity index (χ1n) is 4.47. The SMILES string of the molecule is C=CC(O)C1CON=C(c2cn[nH]c2)O1. The van der Waals surface area contributed by atoms with Crippen LogP contribution in [0.15, 0.2) is 30.2 Å². The lowest BCUT2D eigenvalue weighted by atomic mass is 10.2. The Balaban J connectivity index is 2.10. The average Bonchev–Trinajstić information content (AvgIpc) is 2.82. The van der Waals surface area contributed by atoms with Crippen molar-refractivity contribution in [1.82, 2.24) is 10.2 Å². The van der Waals surface area contributed by atoms with Crippen LogP contribution in [0.2, 0.25) is 0 Å². The standard InChI is InChI=1S/C9H11N3O3/c1-2-7(13)8-5-14-12-9(15-8)6-3-10-11-4-6/h2-4,7-8,13H,1,5H2,(H,10,11). The van der Waals surface area contributed by atoms with Gasteiger partial charge in [0.15, 0.2) is 12.7 Å². The molecule has 0 fully saturated rings. The van der Waals surface area contributed by atoms with Crippen LogP contribution in [0.4, 0.5) is 0 Å². The van der Waals surface area contributed by atoms with Gasteiger partial charge in [-0.2, -0.15) is 5.10 Å². The molecule has 2 N–H and O–H groups in total. The van der Waals surface area contributed by atoms with Crippen molar-refractivity contribution in [2.24, 2.45) is 5.16 Å². The van der Waals surface area contributed by atoms with E-state index in [2.05, 4.69) is 21.9 Å². The lowest BCUT2D eigenvalue weighted by Crippen LogP contribution is -2.36. The van der Waals surface area contributed by atoms with Crippen molar-refractivity contribution in [2.45, 2.75) is 12.2 Å². The molecule has 15 heavy (non-hydrogen) atoms. The van der Waals surface area contributed by atoms with Gasteiger partial charge in [0.05, 0.1) is 11.8 Å². The highest BCUT2D eigenvalue weighted by atomic mass is 16.7. The maximum Gasteiger partial charge on any atom is 0.261 e. The zero-order chi connectivity index (χ0) is 10.7. The first-order valence-corrected chi connectivity index (χ1v) is 4.47. The van der Waals surface area contributed by atoms with Gasteiger partial charge in [0.2, 0.25) is 0 Å². The van der Waals surface area contributed by atoms with Crippen molar-refractivity contribution in [3.8, 4) is 0 Å². The van der Waals surface area contributed by atoms with Gasteiger partial charge in [-0.3, -0.25) is 5.10 Å². The predicted octanol–water partition coefficient (Wildman–Crippen LogP) is 0.0336. The topological polar surface area (TPSA) is 79.7 Å². The van der Waals surface area contributed by atoms with Gasteiger partial charge in [-0.1, -0.05) is 6.08 Å². The number of aromatic nitrogens is 2. The molecule has 0 saturated carbocycles. The number of aromatic amines is 1. The Kier molecular flexibility index (Phi) is 2.68. The Morgan fingerprint density at radius 1 is 1.73 bits per heavy atom. The van der Waals surface area contributed by atoms with Crippen LogP contribution in [0, 0.1) is 0 Å². The maximum absolute atomic E-state index is 9.50. The molecule has 0 aliphatic carbocycles. The molecular weight excluding hydrogens is 198 g/mol. The zero-order valence-corrected chi connectivity index (χ0v) is 7.96. The predicted molar refractivity (Wildman–Crippen MR) is 52.2 cm³/mol. The number of rotatable bonds is 3. The molecule has 0 aromatic carbocycles. The van der Waals surface area contributed by atoms with E-state index in [9.17, 15) is 5.11 Å². The Labute approximate surface area is 86.2 Å². The van der Waals surface area contributed by atoms with E-state index >= 15 is 0 Å². The molecule has 2 heterocycles. The summed E-state index contributed by atoms with van der Waals surface area (Å²) in [5.74, 6) is 0.306. The number of oxime groups is 1. The first-order chi connectivity index (χ1) is 7.31. The van der Waals surface area contributed by atoms with Gasteiger partial charge in [-0.25, -0.2) is 0 Å². The second-order valence-corrected chi connectivity index (χ2v) is 3.06. The highest BCUT2D eigenvalue weighted by Crippen LogP contribution is 2.12. The monoisotopic (exact) mass is 209 g/mol. The van der Waals surface area contributed by atoms with Crippen LogP contribution in [0.5, 0.6) is 0 Å². The number of ether oxygens (including phenoxy) is 1. The van der Waals surface area contributed by atoms with Crippen LogP contribution >= 0.6 is 0 Å².